The predicted octanol–water partition coefficient (Wildman–Crippen LogP) is 2.91. The lowest BCUT2D eigenvalue weighted by molar-refractivity contribution is -0.924. The van der Waals surface area contributed by atoms with E-state index in [9.17, 15) is 4.79 Å². The van der Waals surface area contributed by atoms with Crippen LogP contribution in [0.3, 0.4) is 0 Å². The van der Waals surface area contributed by atoms with Crippen LogP contribution in [0.2, 0.25) is 0 Å². The van der Waals surface area contributed by atoms with E-state index in [2.05, 4.69) is 33.0 Å². The molecule has 102 valence electrons. The molecule has 0 bridgehead atoms. The summed E-state index contributed by atoms with van der Waals surface area (Å²) in [6.45, 7) is 12.8. The van der Waals surface area contributed by atoms with E-state index in [0.29, 0.717) is 6.42 Å². The first kappa shape index (κ1) is 16.4. The summed E-state index contributed by atoms with van der Waals surface area (Å²) >= 11 is 0. The molecule has 0 spiro atoms. The van der Waals surface area contributed by atoms with Gasteiger partial charge in [0.05, 0.1) is 19.6 Å². The van der Waals surface area contributed by atoms with Crippen molar-refractivity contribution in [3.05, 3.63) is 0 Å². The molecule has 0 fully saturated rings. The number of nitrogens with one attached hydrogen (secondary N) is 1. The van der Waals surface area contributed by atoms with Crippen LogP contribution < -0.4 is 5.32 Å². The third-order valence-electron chi connectivity index (χ3n) is 3.88. The van der Waals surface area contributed by atoms with Crippen molar-refractivity contribution in [2.75, 3.05) is 26.3 Å². The van der Waals surface area contributed by atoms with Crippen molar-refractivity contribution in [3.8, 4) is 0 Å². The van der Waals surface area contributed by atoms with E-state index in [1.807, 2.05) is 0 Å². The summed E-state index contributed by atoms with van der Waals surface area (Å²) in [4.78, 5) is 11.7. The van der Waals surface area contributed by atoms with Gasteiger partial charge in [-0.15, -0.1) is 0 Å². The highest BCUT2D eigenvalue weighted by molar-refractivity contribution is 5.75. The second-order valence-corrected chi connectivity index (χ2v) is 4.86. The molecule has 0 atom stereocenters. The summed E-state index contributed by atoms with van der Waals surface area (Å²) in [5.41, 5.74) is 0. The molecule has 0 saturated carbocycles. The zero-order valence-electron chi connectivity index (χ0n) is 12.2. The monoisotopic (exact) mass is 243 g/mol. The molecule has 0 aliphatic carbocycles. The Morgan fingerprint density at radius 3 is 2.00 bits per heavy atom. The maximum absolute atomic E-state index is 11.7. The SMILES string of the molecule is CCCCCCC(=O)NC[N+](CC)(CC)CC. The van der Waals surface area contributed by atoms with Crippen molar-refractivity contribution in [2.45, 2.75) is 59.8 Å². The van der Waals surface area contributed by atoms with Crippen molar-refractivity contribution in [2.24, 2.45) is 0 Å². The number of quaternary nitrogens is 1. The van der Waals surface area contributed by atoms with Crippen LogP contribution in [-0.4, -0.2) is 36.7 Å². The molecule has 0 heterocycles. The van der Waals surface area contributed by atoms with Gasteiger partial charge in [-0.05, 0) is 27.2 Å². The molecule has 0 rings (SSSR count). The number of rotatable bonds is 10. The fraction of sp³-hybridized carbons (Fsp3) is 0.929. The van der Waals surface area contributed by atoms with Crippen LogP contribution in [-0.2, 0) is 4.79 Å². The number of unbranched alkanes of at least 4 members (excludes halogenated alkanes) is 3. The van der Waals surface area contributed by atoms with Crippen LogP contribution in [0.1, 0.15) is 59.8 Å². The van der Waals surface area contributed by atoms with Gasteiger partial charge in [-0.2, -0.15) is 0 Å². The van der Waals surface area contributed by atoms with Gasteiger partial charge in [-0.1, -0.05) is 26.2 Å². The van der Waals surface area contributed by atoms with Crippen LogP contribution in [0.25, 0.3) is 0 Å². The van der Waals surface area contributed by atoms with Gasteiger partial charge in [-0.25, -0.2) is 0 Å². The van der Waals surface area contributed by atoms with Crippen molar-refractivity contribution in [1.29, 1.82) is 0 Å². The summed E-state index contributed by atoms with van der Waals surface area (Å²) in [7, 11) is 0. The second-order valence-electron chi connectivity index (χ2n) is 4.86. The van der Waals surface area contributed by atoms with E-state index < -0.39 is 0 Å². The Hall–Kier alpha value is -0.570. The van der Waals surface area contributed by atoms with Crippen LogP contribution in [0.4, 0.5) is 0 Å². The maximum atomic E-state index is 11.7. The lowest BCUT2D eigenvalue weighted by Crippen LogP contribution is -2.54. The molecule has 3 nitrogen and oxygen atoms in total. The molecule has 0 aliphatic rings. The van der Waals surface area contributed by atoms with Gasteiger partial charge in [0.15, 0.2) is 6.67 Å². The highest BCUT2D eigenvalue weighted by Gasteiger charge is 2.20. The van der Waals surface area contributed by atoms with Crippen LogP contribution in [0, 0.1) is 0 Å². The van der Waals surface area contributed by atoms with Crippen LogP contribution in [0.5, 0.6) is 0 Å². The van der Waals surface area contributed by atoms with Gasteiger partial charge in [0, 0.05) is 6.42 Å². The molecule has 0 aromatic rings. The Morgan fingerprint density at radius 1 is 0.941 bits per heavy atom. The van der Waals surface area contributed by atoms with E-state index in [-0.39, 0.29) is 5.91 Å². The summed E-state index contributed by atoms with van der Waals surface area (Å²) in [6, 6.07) is 0. The molecule has 0 radical (unpaired) electrons. The third kappa shape index (κ3) is 6.67. The molecule has 0 aromatic heterocycles. The van der Waals surface area contributed by atoms with Crippen molar-refractivity contribution >= 4 is 5.91 Å². The number of hydrogen-bond acceptors (Lipinski definition) is 1. The fourth-order valence-electron chi connectivity index (χ4n) is 2.06. The number of hydrogen-bond donors (Lipinski definition) is 1. The van der Waals surface area contributed by atoms with Gasteiger partial charge in [0.1, 0.15) is 0 Å². The molecule has 0 aromatic carbocycles. The first-order valence-electron chi connectivity index (χ1n) is 7.25. The first-order chi connectivity index (χ1) is 8.14. The Morgan fingerprint density at radius 2 is 1.53 bits per heavy atom. The Kier molecular flexibility index (Phi) is 9.14. The quantitative estimate of drug-likeness (QED) is 0.357. The zero-order valence-corrected chi connectivity index (χ0v) is 12.2. The molecule has 0 unspecified atom stereocenters. The highest BCUT2D eigenvalue weighted by atomic mass is 16.1. The molecular formula is C14H31N2O+. The normalized spacial score (nSPS) is 11.5. The topological polar surface area (TPSA) is 29.1 Å². The van der Waals surface area contributed by atoms with E-state index in [1.54, 1.807) is 0 Å². The number of carbonyl (C=O) groups excluding carboxylic acids is 1. The van der Waals surface area contributed by atoms with Crippen molar-refractivity contribution in [1.82, 2.24) is 5.32 Å². The number of amides is 1. The summed E-state index contributed by atoms with van der Waals surface area (Å²) in [6.07, 6.45) is 5.37. The Bertz CT molecular complexity index is 192. The van der Waals surface area contributed by atoms with Crippen LogP contribution >= 0.6 is 0 Å². The van der Waals surface area contributed by atoms with Gasteiger partial charge >= 0.3 is 0 Å². The molecule has 17 heavy (non-hydrogen) atoms. The highest BCUT2D eigenvalue weighted by Crippen LogP contribution is 2.05. The molecule has 1 amide bonds. The average molecular weight is 243 g/mol. The minimum Gasteiger partial charge on any atom is -0.309 e. The van der Waals surface area contributed by atoms with E-state index in [0.717, 1.165) is 37.2 Å². The summed E-state index contributed by atoms with van der Waals surface area (Å²) in [5, 5.41) is 3.09. The first-order valence-corrected chi connectivity index (χ1v) is 7.25. The summed E-state index contributed by atoms with van der Waals surface area (Å²) in [5.74, 6) is 0.221. The minimum absolute atomic E-state index is 0.221. The molecule has 1 N–H and O–H groups in total. The third-order valence-corrected chi connectivity index (χ3v) is 3.88. The van der Waals surface area contributed by atoms with Crippen molar-refractivity contribution < 1.29 is 9.28 Å². The van der Waals surface area contributed by atoms with Gasteiger partial charge in [-0.3, -0.25) is 4.79 Å². The second kappa shape index (κ2) is 9.46. The van der Waals surface area contributed by atoms with Crippen LogP contribution in [0.15, 0.2) is 0 Å². The van der Waals surface area contributed by atoms with Gasteiger partial charge in [0.2, 0.25) is 5.91 Å². The Labute approximate surface area is 107 Å². The van der Waals surface area contributed by atoms with E-state index >= 15 is 0 Å². The lowest BCUT2D eigenvalue weighted by Gasteiger charge is -2.35. The molecule has 0 aliphatic heterocycles. The standard InChI is InChI=1S/C14H30N2O/c1-5-9-10-11-12-14(17)15-13-16(6-2,7-3)8-4/h5-13H2,1-4H3/p+1. The van der Waals surface area contributed by atoms with Gasteiger partial charge in [0.25, 0.3) is 0 Å². The average Bonchev–Trinajstić information content (AvgIpc) is 2.37. The molecule has 0 saturated heterocycles. The van der Waals surface area contributed by atoms with Crippen molar-refractivity contribution in [3.63, 3.8) is 0 Å². The zero-order chi connectivity index (χ0) is 13.1. The smallest absolute Gasteiger partial charge is 0.224 e. The number of carbonyl (C=O) groups is 1. The van der Waals surface area contributed by atoms with Gasteiger partial charge < -0.3 is 9.80 Å². The summed E-state index contributed by atoms with van der Waals surface area (Å²) < 4.78 is 0.987. The number of nitrogens with zero attached hydrogens (tertiary/aromatic N) is 1. The van der Waals surface area contributed by atoms with E-state index in [4.69, 9.17) is 0 Å². The maximum Gasteiger partial charge on any atom is 0.224 e. The largest absolute Gasteiger partial charge is 0.309 e. The van der Waals surface area contributed by atoms with E-state index in [1.165, 1.54) is 19.3 Å². The minimum atomic E-state index is 0.221. The molecular weight excluding hydrogens is 212 g/mol. The fourth-order valence-corrected chi connectivity index (χ4v) is 2.06. The molecule has 3 heteroatoms. The lowest BCUT2D eigenvalue weighted by atomic mass is 10.1. The Balaban J connectivity index is 3.81. The predicted molar refractivity (Wildman–Crippen MR) is 73.7 cm³/mol.